The summed E-state index contributed by atoms with van der Waals surface area (Å²) >= 11 is 0. The van der Waals surface area contributed by atoms with Crippen molar-refractivity contribution in [3.8, 4) is 5.75 Å². The molecule has 1 aliphatic carbocycles. The summed E-state index contributed by atoms with van der Waals surface area (Å²) in [5.41, 5.74) is 6.94. The van der Waals surface area contributed by atoms with Crippen molar-refractivity contribution in [2.45, 2.75) is 25.3 Å². The van der Waals surface area contributed by atoms with E-state index in [2.05, 4.69) is 5.32 Å². The van der Waals surface area contributed by atoms with Gasteiger partial charge >= 0.3 is 0 Å². The molecule has 0 radical (unpaired) electrons. The molecule has 1 saturated carbocycles. The number of hydrogen-bond donors (Lipinski definition) is 2. The smallest absolute Gasteiger partial charge is 0.254 e. The lowest BCUT2D eigenvalue weighted by Crippen LogP contribution is -2.40. The Labute approximate surface area is 147 Å². The van der Waals surface area contributed by atoms with Crippen LogP contribution < -0.4 is 15.8 Å². The average Bonchev–Trinajstić information content (AvgIpc) is 3.08. The number of hydrogen-bond acceptors (Lipinski definition) is 5. The van der Waals surface area contributed by atoms with Crippen molar-refractivity contribution in [1.29, 1.82) is 0 Å². The van der Waals surface area contributed by atoms with Gasteiger partial charge in [0.25, 0.3) is 5.91 Å². The monoisotopic (exact) mass is 347 g/mol. The zero-order valence-corrected chi connectivity index (χ0v) is 14.5. The number of carbonyl (C=O) groups is 2. The Morgan fingerprint density at radius 1 is 1.28 bits per heavy atom. The lowest BCUT2D eigenvalue weighted by atomic mass is 10.1. The Kier molecular flexibility index (Phi) is 5.55. The minimum atomic E-state index is -0.0849. The van der Waals surface area contributed by atoms with E-state index in [1.165, 1.54) is 0 Å². The normalized spacial score (nSPS) is 23.4. The van der Waals surface area contributed by atoms with Crippen LogP contribution in [0.3, 0.4) is 0 Å². The van der Waals surface area contributed by atoms with Gasteiger partial charge in [0.15, 0.2) is 0 Å². The van der Waals surface area contributed by atoms with Gasteiger partial charge in [-0.2, -0.15) is 0 Å². The Morgan fingerprint density at radius 2 is 2.04 bits per heavy atom. The Bertz CT molecular complexity index is 643. The Hall–Kier alpha value is -2.12. The molecule has 1 heterocycles. The van der Waals surface area contributed by atoms with Crippen molar-refractivity contribution in [3.05, 3.63) is 23.8 Å². The van der Waals surface area contributed by atoms with Crippen LogP contribution in [0, 0.1) is 5.92 Å². The fraction of sp³-hybridized carbons (Fsp3) is 0.556. The maximum atomic E-state index is 12.6. The quantitative estimate of drug-likeness (QED) is 0.854. The fourth-order valence-electron chi connectivity index (χ4n) is 3.38. The van der Waals surface area contributed by atoms with Gasteiger partial charge in [-0.15, -0.1) is 0 Å². The number of rotatable bonds is 4. The third-order valence-electron chi connectivity index (χ3n) is 4.85. The molecule has 25 heavy (non-hydrogen) atoms. The van der Waals surface area contributed by atoms with E-state index in [9.17, 15) is 9.59 Å². The molecule has 1 aliphatic heterocycles. The number of benzene rings is 1. The van der Waals surface area contributed by atoms with E-state index in [0.717, 1.165) is 12.8 Å². The molecule has 0 spiro atoms. The molecule has 7 nitrogen and oxygen atoms in total. The molecule has 0 bridgehead atoms. The molecule has 1 saturated heterocycles. The molecule has 3 rings (SSSR count). The van der Waals surface area contributed by atoms with Crippen LogP contribution in [0.5, 0.6) is 5.75 Å². The van der Waals surface area contributed by atoms with Crippen molar-refractivity contribution in [1.82, 2.24) is 4.90 Å². The summed E-state index contributed by atoms with van der Waals surface area (Å²) in [4.78, 5) is 26.9. The molecule has 1 aromatic carbocycles. The SMILES string of the molecule is COc1ccc(C(=O)N2CCOCC2)cc1NC(=O)C1CCC(N)C1. The first kappa shape index (κ1) is 17.7. The summed E-state index contributed by atoms with van der Waals surface area (Å²) in [6, 6.07) is 5.21. The first-order valence-electron chi connectivity index (χ1n) is 8.70. The van der Waals surface area contributed by atoms with Crippen molar-refractivity contribution in [2.24, 2.45) is 11.7 Å². The van der Waals surface area contributed by atoms with E-state index in [1.54, 1.807) is 30.2 Å². The van der Waals surface area contributed by atoms with Crippen LogP contribution in [0.1, 0.15) is 29.6 Å². The van der Waals surface area contributed by atoms with E-state index in [0.29, 0.717) is 49.7 Å². The highest BCUT2D eigenvalue weighted by Gasteiger charge is 2.28. The van der Waals surface area contributed by atoms with E-state index < -0.39 is 0 Å². The van der Waals surface area contributed by atoms with E-state index in [1.807, 2.05) is 0 Å². The minimum absolute atomic E-state index is 0.0654. The van der Waals surface area contributed by atoms with Gasteiger partial charge in [0.05, 0.1) is 26.0 Å². The number of morpholine rings is 1. The van der Waals surface area contributed by atoms with Gasteiger partial charge in [-0.3, -0.25) is 9.59 Å². The zero-order chi connectivity index (χ0) is 17.8. The standard InChI is InChI=1S/C18H25N3O4/c1-24-16-5-3-13(18(23)21-6-8-25-9-7-21)11-15(16)20-17(22)12-2-4-14(19)10-12/h3,5,11-12,14H,2,4,6-10,19H2,1H3,(H,20,22). The lowest BCUT2D eigenvalue weighted by Gasteiger charge is -2.27. The third kappa shape index (κ3) is 4.11. The molecular weight excluding hydrogens is 322 g/mol. The van der Waals surface area contributed by atoms with Gasteiger partial charge in [-0.05, 0) is 37.5 Å². The molecule has 1 aromatic rings. The number of ether oxygens (including phenoxy) is 2. The molecule has 136 valence electrons. The molecule has 2 fully saturated rings. The summed E-state index contributed by atoms with van der Waals surface area (Å²) in [5.74, 6) is 0.319. The van der Waals surface area contributed by atoms with Crippen LogP contribution in [0.25, 0.3) is 0 Å². The van der Waals surface area contributed by atoms with Crippen LogP contribution in [0.4, 0.5) is 5.69 Å². The van der Waals surface area contributed by atoms with Gasteiger partial charge in [-0.1, -0.05) is 0 Å². The molecule has 0 aromatic heterocycles. The predicted molar refractivity (Wildman–Crippen MR) is 93.7 cm³/mol. The molecule has 2 unspecified atom stereocenters. The number of nitrogens with one attached hydrogen (secondary N) is 1. The highest BCUT2D eigenvalue weighted by Crippen LogP contribution is 2.30. The topological polar surface area (TPSA) is 93.9 Å². The number of carbonyl (C=O) groups excluding carboxylic acids is 2. The largest absolute Gasteiger partial charge is 0.495 e. The molecule has 7 heteroatoms. The minimum Gasteiger partial charge on any atom is -0.495 e. The average molecular weight is 347 g/mol. The van der Waals surface area contributed by atoms with Gasteiger partial charge in [-0.25, -0.2) is 0 Å². The van der Waals surface area contributed by atoms with Crippen molar-refractivity contribution >= 4 is 17.5 Å². The molecular formula is C18H25N3O4. The third-order valence-corrected chi connectivity index (χ3v) is 4.85. The first-order chi connectivity index (χ1) is 12.1. The number of nitrogens with zero attached hydrogens (tertiary/aromatic N) is 1. The number of anilines is 1. The molecule has 2 atom stereocenters. The lowest BCUT2D eigenvalue weighted by molar-refractivity contribution is -0.119. The van der Waals surface area contributed by atoms with Gasteiger partial charge in [0, 0.05) is 30.6 Å². The number of nitrogens with two attached hydrogens (primary N) is 1. The summed E-state index contributed by atoms with van der Waals surface area (Å²) in [6.07, 6.45) is 2.35. The summed E-state index contributed by atoms with van der Waals surface area (Å²) < 4.78 is 10.6. The second-order valence-corrected chi connectivity index (χ2v) is 6.58. The Morgan fingerprint density at radius 3 is 2.68 bits per heavy atom. The second-order valence-electron chi connectivity index (χ2n) is 6.58. The van der Waals surface area contributed by atoms with Crippen LogP contribution in [0.15, 0.2) is 18.2 Å². The van der Waals surface area contributed by atoms with Gasteiger partial charge in [0.2, 0.25) is 5.91 Å². The summed E-state index contributed by atoms with van der Waals surface area (Å²) in [7, 11) is 1.54. The van der Waals surface area contributed by atoms with Crippen molar-refractivity contribution < 1.29 is 19.1 Å². The predicted octanol–water partition coefficient (Wildman–Crippen LogP) is 1.23. The van der Waals surface area contributed by atoms with E-state index in [4.69, 9.17) is 15.2 Å². The van der Waals surface area contributed by atoms with E-state index in [-0.39, 0.29) is 23.8 Å². The second kappa shape index (κ2) is 7.84. The number of methoxy groups -OCH3 is 1. The maximum Gasteiger partial charge on any atom is 0.254 e. The highest BCUT2D eigenvalue weighted by atomic mass is 16.5. The van der Waals surface area contributed by atoms with Crippen LogP contribution >= 0.6 is 0 Å². The summed E-state index contributed by atoms with van der Waals surface area (Å²) in [6.45, 7) is 2.25. The highest BCUT2D eigenvalue weighted by molar-refractivity contribution is 5.99. The van der Waals surface area contributed by atoms with Crippen molar-refractivity contribution in [2.75, 3.05) is 38.7 Å². The first-order valence-corrected chi connectivity index (χ1v) is 8.70. The molecule has 2 aliphatic rings. The van der Waals surface area contributed by atoms with E-state index >= 15 is 0 Å². The zero-order valence-electron chi connectivity index (χ0n) is 14.5. The van der Waals surface area contributed by atoms with Gasteiger partial charge in [0.1, 0.15) is 5.75 Å². The Balaban J connectivity index is 1.75. The number of amides is 2. The van der Waals surface area contributed by atoms with Crippen LogP contribution in [-0.4, -0.2) is 56.2 Å². The molecule has 2 amide bonds. The maximum absolute atomic E-state index is 12.6. The van der Waals surface area contributed by atoms with Crippen molar-refractivity contribution in [3.63, 3.8) is 0 Å². The van der Waals surface area contributed by atoms with Crippen LogP contribution in [0.2, 0.25) is 0 Å². The van der Waals surface area contributed by atoms with Crippen LogP contribution in [-0.2, 0) is 9.53 Å². The fourth-order valence-corrected chi connectivity index (χ4v) is 3.38. The van der Waals surface area contributed by atoms with Gasteiger partial charge < -0.3 is 25.4 Å². The summed E-state index contributed by atoms with van der Waals surface area (Å²) in [5, 5.41) is 2.91. The molecule has 3 N–H and O–H groups in total.